The van der Waals surface area contributed by atoms with Gasteiger partial charge in [-0.05, 0) is 30.3 Å². The molecule has 0 radical (unpaired) electrons. The molecule has 0 fully saturated rings. The molecule has 1 heterocycles. The number of anilines is 2. The van der Waals surface area contributed by atoms with E-state index in [1.165, 1.54) is 13.3 Å². The number of rotatable bonds is 6. The maximum absolute atomic E-state index is 11.9. The minimum atomic E-state index is -0.713. The van der Waals surface area contributed by atoms with Crippen LogP contribution in [0.5, 0.6) is 11.5 Å². The van der Waals surface area contributed by atoms with Crippen molar-refractivity contribution >= 4 is 41.0 Å². The molecule has 0 bridgehead atoms. The summed E-state index contributed by atoms with van der Waals surface area (Å²) < 4.78 is 5.05. The van der Waals surface area contributed by atoms with Gasteiger partial charge in [0.15, 0.2) is 23.1 Å². The van der Waals surface area contributed by atoms with Crippen molar-refractivity contribution in [1.82, 2.24) is 10.2 Å². The number of phenols is 1. The summed E-state index contributed by atoms with van der Waals surface area (Å²) in [5.41, 5.74) is 6.60. The van der Waals surface area contributed by atoms with Crippen LogP contribution in [0.3, 0.4) is 0 Å². The van der Waals surface area contributed by atoms with E-state index in [1.54, 1.807) is 42.5 Å². The molecule has 8 nitrogen and oxygen atoms in total. The van der Waals surface area contributed by atoms with E-state index in [0.717, 1.165) is 0 Å². The Morgan fingerprint density at radius 1 is 1.37 bits per heavy atom. The van der Waals surface area contributed by atoms with Crippen LogP contribution in [0, 0.1) is 0 Å². The van der Waals surface area contributed by atoms with Gasteiger partial charge in [-0.25, -0.2) is 4.99 Å². The summed E-state index contributed by atoms with van der Waals surface area (Å²) in [6.45, 7) is 0. The number of aromatic amines is 1. The number of amides is 1. The van der Waals surface area contributed by atoms with Crippen LogP contribution in [0.4, 0.5) is 17.3 Å². The number of benzene rings is 2. The van der Waals surface area contributed by atoms with Crippen molar-refractivity contribution in [3.05, 3.63) is 58.6 Å². The summed E-state index contributed by atoms with van der Waals surface area (Å²) in [5.74, 6) is -0.112. The van der Waals surface area contributed by atoms with Gasteiger partial charge in [-0.15, -0.1) is 0 Å². The second kappa shape index (κ2) is 7.79. The van der Waals surface area contributed by atoms with Crippen molar-refractivity contribution in [3.8, 4) is 11.5 Å². The molecule has 2 aromatic carbocycles. The number of aliphatic imine (C=N–C) groups is 1. The van der Waals surface area contributed by atoms with Crippen LogP contribution in [0.15, 0.2) is 47.5 Å². The number of phenolic OH excluding ortho intramolecular Hbond substituents is 1. The van der Waals surface area contributed by atoms with Crippen molar-refractivity contribution in [1.29, 1.82) is 0 Å². The van der Waals surface area contributed by atoms with Gasteiger partial charge in [-0.2, -0.15) is 5.10 Å². The number of aromatic hydroxyl groups is 1. The predicted molar refractivity (Wildman–Crippen MR) is 104 cm³/mol. The molecule has 0 aliphatic rings. The average molecular weight is 386 g/mol. The molecule has 0 aliphatic heterocycles. The fourth-order valence-electron chi connectivity index (χ4n) is 2.40. The lowest BCUT2D eigenvalue weighted by Crippen LogP contribution is -2.12. The SMILES string of the molecule is COc1cccc(/C=N/c2[nH]nc(Nc3cccc(Cl)c3)c2C(N)=O)c1O. The van der Waals surface area contributed by atoms with Crippen LogP contribution in [0.25, 0.3) is 0 Å². The number of primary amides is 1. The molecule has 1 amide bonds. The van der Waals surface area contributed by atoms with Crippen LogP contribution in [-0.4, -0.2) is 34.5 Å². The van der Waals surface area contributed by atoms with Gasteiger partial charge >= 0.3 is 0 Å². The van der Waals surface area contributed by atoms with Crippen molar-refractivity contribution < 1.29 is 14.6 Å². The highest BCUT2D eigenvalue weighted by molar-refractivity contribution is 6.30. The molecule has 0 spiro atoms. The number of nitrogens with one attached hydrogen (secondary N) is 2. The third-order valence-electron chi connectivity index (χ3n) is 3.66. The molecule has 3 aromatic rings. The molecule has 138 valence electrons. The zero-order chi connectivity index (χ0) is 19.4. The Kier molecular flexibility index (Phi) is 5.28. The smallest absolute Gasteiger partial charge is 0.256 e. The third kappa shape index (κ3) is 4.01. The highest BCUT2D eigenvalue weighted by Crippen LogP contribution is 2.30. The largest absolute Gasteiger partial charge is 0.504 e. The van der Waals surface area contributed by atoms with Crippen molar-refractivity contribution in [2.24, 2.45) is 10.7 Å². The standard InChI is InChI=1S/C18H16ClN5O3/c1-27-13-7-2-4-10(15(13)25)9-21-17-14(16(20)26)18(24-23-17)22-12-6-3-5-11(19)8-12/h2-9,25H,1H3,(H2,20,26)(H2,22,23,24)/b21-9+. The first-order chi connectivity index (χ1) is 13.0. The van der Waals surface area contributed by atoms with Gasteiger partial charge in [0.05, 0.1) is 7.11 Å². The molecule has 0 saturated carbocycles. The van der Waals surface area contributed by atoms with Crippen molar-refractivity contribution in [3.63, 3.8) is 0 Å². The Balaban J connectivity index is 1.93. The van der Waals surface area contributed by atoms with Crippen molar-refractivity contribution in [2.45, 2.75) is 0 Å². The molecule has 5 N–H and O–H groups in total. The lowest BCUT2D eigenvalue weighted by atomic mass is 10.2. The molecule has 0 aliphatic carbocycles. The molecule has 9 heteroatoms. The Labute approximate surface area is 159 Å². The van der Waals surface area contributed by atoms with E-state index >= 15 is 0 Å². The number of hydrogen-bond donors (Lipinski definition) is 4. The van der Waals surface area contributed by atoms with Crippen LogP contribution < -0.4 is 15.8 Å². The second-order valence-corrected chi connectivity index (χ2v) is 5.89. The van der Waals surface area contributed by atoms with E-state index in [4.69, 9.17) is 22.1 Å². The highest BCUT2D eigenvalue weighted by atomic mass is 35.5. The van der Waals surface area contributed by atoms with Gasteiger partial charge in [0, 0.05) is 22.5 Å². The number of methoxy groups -OCH3 is 1. The maximum atomic E-state index is 11.9. The Morgan fingerprint density at radius 2 is 2.15 bits per heavy atom. The minimum absolute atomic E-state index is 0.0684. The fourth-order valence-corrected chi connectivity index (χ4v) is 2.59. The first kappa shape index (κ1) is 18.3. The average Bonchev–Trinajstić information content (AvgIpc) is 3.03. The number of hydrogen-bond acceptors (Lipinski definition) is 6. The quantitative estimate of drug-likeness (QED) is 0.484. The molecule has 0 atom stereocenters. The molecular weight excluding hydrogens is 370 g/mol. The van der Waals surface area contributed by atoms with E-state index in [-0.39, 0.29) is 22.9 Å². The third-order valence-corrected chi connectivity index (χ3v) is 3.90. The highest BCUT2D eigenvalue weighted by Gasteiger charge is 2.18. The van der Waals surface area contributed by atoms with Crippen molar-refractivity contribution in [2.75, 3.05) is 12.4 Å². The summed E-state index contributed by atoms with van der Waals surface area (Å²) in [5, 5.41) is 20.3. The summed E-state index contributed by atoms with van der Waals surface area (Å²) in [4.78, 5) is 16.1. The molecular formula is C18H16ClN5O3. The van der Waals surface area contributed by atoms with Crippen LogP contribution >= 0.6 is 11.6 Å². The number of aromatic nitrogens is 2. The number of halogens is 1. The van der Waals surface area contributed by atoms with E-state index in [9.17, 15) is 9.90 Å². The molecule has 27 heavy (non-hydrogen) atoms. The number of para-hydroxylation sites is 1. The van der Waals surface area contributed by atoms with Gasteiger partial charge in [0.1, 0.15) is 5.56 Å². The topological polar surface area (TPSA) is 126 Å². The van der Waals surface area contributed by atoms with E-state index in [1.807, 2.05) is 0 Å². The predicted octanol–water partition coefficient (Wildman–Crippen LogP) is 3.37. The number of carbonyl (C=O) groups is 1. The van der Waals surface area contributed by atoms with E-state index in [0.29, 0.717) is 22.0 Å². The number of H-pyrrole nitrogens is 1. The van der Waals surface area contributed by atoms with Gasteiger partial charge in [-0.1, -0.05) is 23.7 Å². The van der Waals surface area contributed by atoms with Gasteiger partial charge in [-0.3, -0.25) is 9.89 Å². The summed E-state index contributed by atoms with van der Waals surface area (Å²) in [6, 6.07) is 11.9. The monoisotopic (exact) mass is 385 g/mol. The van der Waals surface area contributed by atoms with Crippen LogP contribution in [0.1, 0.15) is 15.9 Å². The molecule has 1 aromatic heterocycles. The maximum Gasteiger partial charge on any atom is 0.256 e. The lowest BCUT2D eigenvalue weighted by molar-refractivity contribution is 0.100. The Morgan fingerprint density at radius 3 is 2.85 bits per heavy atom. The molecule has 3 rings (SSSR count). The first-order valence-electron chi connectivity index (χ1n) is 7.80. The number of ether oxygens (including phenoxy) is 1. The van der Waals surface area contributed by atoms with Crippen LogP contribution in [0.2, 0.25) is 5.02 Å². The fraction of sp³-hybridized carbons (Fsp3) is 0.0556. The lowest BCUT2D eigenvalue weighted by Gasteiger charge is -2.05. The Hall–Kier alpha value is -3.52. The van der Waals surface area contributed by atoms with Gasteiger partial charge in [0.25, 0.3) is 5.91 Å². The Bertz CT molecular complexity index is 1020. The van der Waals surface area contributed by atoms with Crippen LogP contribution in [-0.2, 0) is 0 Å². The minimum Gasteiger partial charge on any atom is -0.504 e. The molecule has 0 unspecified atom stereocenters. The zero-order valence-corrected chi connectivity index (χ0v) is 15.0. The second-order valence-electron chi connectivity index (χ2n) is 5.45. The number of carbonyl (C=O) groups excluding carboxylic acids is 1. The van der Waals surface area contributed by atoms with Gasteiger partial charge < -0.3 is 20.9 Å². The van der Waals surface area contributed by atoms with Gasteiger partial charge in [0.2, 0.25) is 0 Å². The summed E-state index contributed by atoms with van der Waals surface area (Å²) in [7, 11) is 1.45. The number of nitrogens with zero attached hydrogens (tertiary/aromatic N) is 2. The summed E-state index contributed by atoms with van der Waals surface area (Å²) in [6.07, 6.45) is 1.38. The van der Waals surface area contributed by atoms with E-state index in [2.05, 4.69) is 20.5 Å². The molecule has 0 saturated heterocycles. The summed E-state index contributed by atoms with van der Waals surface area (Å²) >= 11 is 5.96. The normalized spacial score (nSPS) is 10.9. The zero-order valence-electron chi connectivity index (χ0n) is 14.2. The number of nitrogens with two attached hydrogens (primary N) is 1. The first-order valence-corrected chi connectivity index (χ1v) is 8.18. The van der Waals surface area contributed by atoms with E-state index < -0.39 is 5.91 Å².